The van der Waals surface area contributed by atoms with Crippen LogP contribution in [0.5, 0.6) is 0 Å². The number of hydrogen-bond donors (Lipinski definition) is 2. The maximum Gasteiger partial charge on any atom is 0.324 e. The highest BCUT2D eigenvalue weighted by atomic mass is 35.5. The van der Waals surface area contributed by atoms with E-state index in [1.807, 2.05) is 29.8 Å². The van der Waals surface area contributed by atoms with Gasteiger partial charge in [0, 0.05) is 34.6 Å². The normalized spacial score (nSPS) is 23.3. The van der Waals surface area contributed by atoms with Crippen LogP contribution in [0.25, 0.3) is 10.9 Å². The van der Waals surface area contributed by atoms with Crippen LogP contribution in [0, 0.1) is 5.92 Å². The molecule has 1 fully saturated rings. The zero-order valence-corrected chi connectivity index (χ0v) is 17.8. The number of urea groups is 1. The predicted octanol–water partition coefficient (Wildman–Crippen LogP) is 3.71. The average molecular weight is 439 g/mol. The van der Waals surface area contributed by atoms with Crippen molar-refractivity contribution in [2.24, 2.45) is 5.92 Å². The lowest BCUT2D eigenvalue weighted by molar-refractivity contribution is -0.0116. The van der Waals surface area contributed by atoms with E-state index in [1.54, 1.807) is 35.4 Å². The summed E-state index contributed by atoms with van der Waals surface area (Å²) in [6.07, 6.45) is 2.46. The third-order valence-electron chi connectivity index (χ3n) is 6.83. The van der Waals surface area contributed by atoms with Crippen LogP contribution < -0.4 is 5.32 Å². The number of nitrogens with zero attached hydrogens (tertiary/aromatic N) is 3. The molecule has 0 spiro atoms. The molecule has 7 nitrogen and oxygen atoms in total. The first-order valence-corrected chi connectivity index (χ1v) is 10.8. The monoisotopic (exact) mass is 438 g/mol. The molecule has 2 aromatic carbocycles. The van der Waals surface area contributed by atoms with Crippen LogP contribution >= 0.6 is 11.6 Å². The highest BCUT2D eigenvalue weighted by Gasteiger charge is 2.50. The van der Waals surface area contributed by atoms with Crippen molar-refractivity contribution in [3.8, 4) is 0 Å². The topological polar surface area (TPSA) is 87.5 Å². The maximum atomic E-state index is 12.6. The van der Waals surface area contributed by atoms with Crippen molar-refractivity contribution in [1.29, 1.82) is 0 Å². The van der Waals surface area contributed by atoms with Gasteiger partial charge in [-0.25, -0.2) is 4.79 Å². The SMILES string of the molecule is CC1(C2CCN(C(=O)NC(=O)c3ccccc3)CC2)[C@H](O)c2cc(Cl)cc3cnn1c23. The van der Waals surface area contributed by atoms with Crippen molar-refractivity contribution in [3.05, 3.63) is 64.8 Å². The third-order valence-corrected chi connectivity index (χ3v) is 7.05. The molecule has 0 saturated carbocycles. The second kappa shape index (κ2) is 7.35. The molecule has 2 aliphatic heterocycles. The summed E-state index contributed by atoms with van der Waals surface area (Å²) < 4.78 is 1.93. The van der Waals surface area contributed by atoms with E-state index in [0.717, 1.165) is 16.5 Å². The first-order valence-electron chi connectivity index (χ1n) is 10.4. The Hall–Kier alpha value is -2.90. The lowest BCUT2D eigenvalue weighted by Gasteiger charge is -2.42. The zero-order valence-electron chi connectivity index (χ0n) is 17.1. The number of rotatable bonds is 2. The minimum atomic E-state index is -0.720. The van der Waals surface area contributed by atoms with Gasteiger partial charge in [0.05, 0.1) is 17.3 Å². The Labute approximate surface area is 184 Å². The van der Waals surface area contributed by atoms with Gasteiger partial charge in [0.15, 0.2) is 0 Å². The Morgan fingerprint density at radius 1 is 1.19 bits per heavy atom. The second-order valence-electron chi connectivity index (χ2n) is 8.50. The van der Waals surface area contributed by atoms with Crippen LogP contribution in [-0.2, 0) is 5.54 Å². The summed E-state index contributed by atoms with van der Waals surface area (Å²) in [6.45, 7) is 3.03. The van der Waals surface area contributed by atoms with Gasteiger partial charge < -0.3 is 10.0 Å². The minimum Gasteiger partial charge on any atom is -0.386 e. The van der Waals surface area contributed by atoms with Crippen LogP contribution in [0.4, 0.5) is 4.79 Å². The Morgan fingerprint density at radius 3 is 2.61 bits per heavy atom. The van der Waals surface area contributed by atoms with Crippen LogP contribution in [0.15, 0.2) is 48.7 Å². The second-order valence-corrected chi connectivity index (χ2v) is 8.94. The summed E-state index contributed by atoms with van der Waals surface area (Å²) in [4.78, 5) is 26.5. The highest BCUT2D eigenvalue weighted by molar-refractivity contribution is 6.31. The number of carbonyl (C=O) groups is 2. The van der Waals surface area contributed by atoms with Gasteiger partial charge in [-0.2, -0.15) is 5.10 Å². The van der Waals surface area contributed by atoms with Crippen LogP contribution in [0.1, 0.15) is 41.8 Å². The van der Waals surface area contributed by atoms with E-state index in [4.69, 9.17) is 11.6 Å². The van der Waals surface area contributed by atoms with E-state index >= 15 is 0 Å². The molecule has 8 heteroatoms. The van der Waals surface area contributed by atoms with E-state index in [1.165, 1.54) is 0 Å². The van der Waals surface area contributed by atoms with Gasteiger partial charge in [-0.15, -0.1) is 0 Å². The van der Waals surface area contributed by atoms with Gasteiger partial charge in [-0.3, -0.25) is 14.8 Å². The Kier molecular flexibility index (Phi) is 4.75. The summed E-state index contributed by atoms with van der Waals surface area (Å²) in [7, 11) is 0. The predicted molar refractivity (Wildman–Crippen MR) is 117 cm³/mol. The van der Waals surface area contributed by atoms with Crippen molar-refractivity contribution >= 4 is 34.4 Å². The standard InChI is InChI=1S/C23H23ClN4O3/c1-23(20(29)18-12-17(24)11-15-13-25-28(23)19(15)18)16-7-9-27(10-8-16)22(31)26-21(30)14-5-3-2-4-6-14/h2-6,11-13,16,20,29H,7-10H2,1H3,(H,26,30,31)/t20-,23?/m1/s1. The maximum absolute atomic E-state index is 12.6. The fraction of sp³-hybridized carbons (Fsp3) is 0.348. The van der Waals surface area contributed by atoms with Crippen LogP contribution in [0.3, 0.4) is 0 Å². The van der Waals surface area contributed by atoms with Gasteiger partial charge >= 0.3 is 6.03 Å². The molecule has 31 heavy (non-hydrogen) atoms. The van der Waals surface area contributed by atoms with E-state index < -0.39 is 17.6 Å². The third kappa shape index (κ3) is 3.11. The molecular formula is C23H23ClN4O3. The number of nitrogens with one attached hydrogen (secondary N) is 1. The highest BCUT2D eigenvalue weighted by Crippen LogP contribution is 2.51. The van der Waals surface area contributed by atoms with Gasteiger partial charge in [0.1, 0.15) is 6.10 Å². The molecule has 1 unspecified atom stereocenters. The smallest absolute Gasteiger partial charge is 0.324 e. The Morgan fingerprint density at radius 2 is 1.90 bits per heavy atom. The fourth-order valence-corrected chi connectivity index (χ4v) is 5.30. The first-order chi connectivity index (χ1) is 14.9. The number of halogens is 1. The van der Waals surface area contributed by atoms with Gasteiger partial charge in [0.2, 0.25) is 0 Å². The molecule has 1 aromatic heterocycles. The number of likely N-dealkylation sites (tertiary alicyclic amines) is 1. The van der Waals surface area contributed by atoms with Crippen molar-refractivity contribution in [2.45, 2.75) is 31.4 Å². The number of piperidine rings is 1. The molecule has 0 bridgehead atoms. The summed E-state index contributed by atoms with van der Waals surface area (Å²) in [5.74, 6) is -0.289. The number of hydrogen-bond acceptors (Lipinski definition) is 4. The Bertz CT molecular complexity index is 1170. The fourth-order valence-electron chi connectivity index (χ4n) is 5.07. The molecule has 2 atom stereocenters. The summed E-state index contributed by atoms with van der Waals surface area (Å²) >= 11 is 6.24. The molecule has 3 amide bonds. The van der Waals surface area contributed by atoms with Crippen LogP contribution in [-0.4, -0.2) is 44.8 Å². The molecule has 2 N–H and O–H groups in total. The first kappa shape index (κ1) is 20.0. The van der Waals surface area contributed by atoms with E-state index in [9.17, 15) is 14.7 Å². The molecule has 2 aliphatic rings. The van der Waals surface area contributed by atoms with E-state index in [-0.39, 0.29) is 11.9 Å². The summed E-state index contributed by atoms with van der Waals surface area (Å²) in [5.41, 5.74) is 1.56. The van der Waals surface area contributed by atoms with Crippen molar-refractivity contribution in [3.63, 3.8) is 0 Å². The molecule has 3 aromatic rings. The lowest BCUT2D eigenvalue weighted by atomic mass is 9.75. The number of aromatic nitrogens is 2. The van der Waals surface area contributed by atoms with E-state index in [2.05, 4.69) is 10.4 Å². The quantitative estimate of drug-likeness (QED) is 0.638. The summed E-state index contributed by atoms with van der Waals surface area (Å²) in [5, 5.41) is 19.8. The zero-order chi connectivity index (χ0) is 21.8. The number of amides is 3. The number of carbonyl (C=O) groups excluding carboxylic acids is 2. The summed E-state index contributed by atoms with van der Waals surface area (Å²) in [6, 6.07) is 12.0. The molecule has 3 heterocycles. The van der Waals surface area contributed by atoms with Crippen LogP contribution in [0.2, 0.25) is 5.02 Å². The average Bonchev–Trinajstić information content (AvgIpc) is 3.30. The number of benzene rings is 2. The number of imide groups is 1. The van der Waals surface area contributed by atoms with Crippen molar-refractivity contribution in [1.82, 2.24) is 20.0 Å². The minimum absolute atomic E-state index is 0.116. The molecule has 0 aliphatic carbocycles. The molecule has 160 valence electrons. The molecular weight excluding hydrogens is 416 g/mol. The van der Waals surface area contributed by atoms with Gasteiger partial charge in [-0.1, -0.05) is 29.8 Å². The van der Waals surface area contributed by atoms with Gasteiger partial charge in [0.25, 0.3) is 5.91 Å². The van der Waals surface area contributed by atoms with Crippen molar-refractivity contribution in [2.75, 3.05) is 13.1 Å². The Balaban J connectivity index is 1.29. The molecule has 0 radical (unpaired) electrons. The molecule has 5 rings (SSSR count). The number of aliphatic hydroxyl groups excluding tert-OH is 1. The van der Waals surface area contributed by atoms with Gasteiger partial charge in [-0.05, 0) is 49.9 Å². The largest absolute Gasteiger partial charge is 0.386 e. The lowest BCUT2D eigenvalue weighted by Crippen LogP contribution is -2.51. The van der Waals surface area contributed by atoms with Crippen molar-refractivity contribution < 1.29 is 14.7 Å². The number of aliphatic hydroxyl groups is 1. The van der Waals surface area contributed by atoms with E-state index in [0.29, 0.717) is 36.5 Å². The molecule has 1 saturated heterocycles.